The number of carbonyl (C=O) groups is 4. The van der Waals surface area contributed by atoms with Crippen LogP contribution in [-0.4, -0.2) is 49.8 Å². The molecular formula is C22H34O8. The fourth-order valence-corrected chi connectivity index (χ4v) is 2.07. The summed E-state index contributed by atoms with van der Waals surface area (Å²) < 4.78 is 20.8. The van der Waals surface area contributed by atoms with Gasteiger partial charge in [-0.05, 0) is 26.7 Å². The van der Waals surface area contributed by atoms with Gasteiger partial charge in [-0.2, -0.15) is 0 Å². The van der Waals surface area contributed by atoms with Crippen molar-refractivity contribution >= 4 is 23.9 Å². The second-order valence-electron chi connectivity index (χ2n) is 7.97. The molecule has 0 amide bonds. The van der Waals surface area contributed by atoms with E-state index < -0.39 is 34.8 Å². The number of carbonyl (C=O) groups excluding carboxylic acids is 4. The normalized spacial score (nSPS) is 12.3. The summed E-state index contributed by atoms with van der Waals surface area (Å²) in [6.45, 7) is 15.1. The van der Waals surface area contributed by atoms with E-state index in [1.54, 1.807) is 27.7 Å². The summed E-state index contributed by atoms with van der Waals surface area (Å²) >= 11 is 0. The molecule has 30 heavy (non-hydrogen) atoms. The molecule has 0 spiro atoms. The Labute approximate surface area is 178 Å². The van der Waals surface area contributed by atoms with E-state index in [9.17, 15) is 19.2 Å². The first-order chi connectivity index (χ1) is 13.9. The lowest BCUT2D eigenvalue weighted by molar-refractivity contribution is -0.168. The van der Waals surface area contributed by atoms with Crippen LogP contribution < -0.4 is 0 Å². The van der Waals surface area contributed by atoms with Gasteiger partial charge < -0.3 is 18.9 Å². The molecule has 0 fully saturated rings. The maximum absolute atomic E-state index is 12.5. The lowest BCUT2D eigenvalue weighted by Crippen LogP contribution is -2.36. The van der Waals surface area contributed by atoms with Crippen molar-refractivity contribution in [2.24, 2.45) is 10.8 Å². The summed E-state index contributed by atoms with van der Waals surface area (Å²) in [5, 5.41) is 0. The smallest absolute Gasteiger partial charge is 0.330 e. The van der Waals surface area contributed by atoms with Gasteiger partial charge in [0, 0.05) is 17.6 Å². The predicted octanol–water partition coefficient (Wildman–Crippen LogP) is 3.14. The van der Waals surface area contributed by atoms with Crippen LogP contribution in [0.5, 0.6) is 0 Å². The Kier molecular flexibility index (Phi) is 11.7. The van der Waals surface area contributed by atoms with E-state index in [2.05, 4.69) is 13.2 Å². The summed E-state index contributed by atoms with van der Waals surface area (Å²) in [5.41, 5.74) is -1.64. The first-order valence-corrected chi connectivity index (χ1v) is 9.88. The second kappa shape index (κ2) is 12.8. The zero-order valence-corrected chi connectivity index (χ0v) is 18.7. The molecule has 170 valence electrons. The summed E-state index contributed by atoms with van der Waals surface area (Å²) in [5.74, 6) is -2.29. The van der Waals surface area contributed by atoms with Crippen molar-refractivity contribution in [2.45, 2.75) is 60.0 Å². The van der Waals surface area contributed by atoms with Crippen LogP contribution in [0.3, 0.4) is 0 Å². The fraction of sp³-hybridized carbons (Fsp3) is 0.636. The minimum absolute atomic E-state index is 0.0574. The van der Waals surface area contributed by atoms with Crippen LogP contribution in [-0.2, 0) is 38.1 Å². The van der Waals surface area contributed by atoms with E-state index in [-0.39, 0.29) is 32.2 Å². The molecule has 8 heteroatoms. The van der Waals surface area contributed by atoms with Gasteiger partial charge in [0.1, 0.15) is 25.9 Å². The minimum Gasteiger partial charge on any atom is -0.462 e. The van der Waals surface area contributed by atoms with Gasteiger partial charge in [-0.15, -0.1) is 0 Å². The van der Waals surface area contributed by atoms with Crippen LogP contribution in [0, 0.1) is 10.8 Å². The topological polar surface area (TPSA) is 105 Å². The minimum atomic E-state index is -1.02. The highest BCUT2D eigenvalue weighted by molar-refractivity contribution is 5.82. The number of hydrogen-bond donors (Lipinski definition) is 0. The first-order valence-electron chi connectivity index (χ1n) is 9.88. The van der Waals surface area contributed by atoms with Crippen molar-refractivity contribution in [2.75, 3.05) is 19.8 Å². The van der Waals surface area contributed by atoms with E-state index in [1.165, 1.54) is 0 Å². The molecule has 0 heterocycles. The molecule has 0 aliphatic heterocycles. The lowest BCUT2D eigenvalue weighted by atomic mass is 9.88. The van der Waals surface area contributed by atoms with Gasteiger partial charge in [0.2, 0.25) is 0 Å². The molecule has 0 saturated heterocycles. The average Bonchev–Trinajstić information content (AvgIpc) is 2.72. The molecule has 0 aromatic heterocycles. The molecule has 0 N–H and O–H groups in total. The molecule has 0 saturated carbocycles. The van der Waals surface area contributed by atoms with Crippen molar-refractivity contribution < 1.29 is 38.1 Å². The first kappa shape index (κ1) is 27.4. The molecular weight excluding hydrogens is 392 g/mol. The van der Waals surface area contributed by atoms with Gasteiger partial charge in [-0.3, -0.25) is 9.59 Å². The van der Waals surface area contributed by atoms with E-state index in [1.807, 2.05) is 6.92 Å². The Hall–Kier alpha value is -2.64. The Morgan fingerprint density at radius 2 is 1.40 bits per heavy atom. The standard InChI is InChI=1S/C22H34O8/c1-8-16(13-27-20(26)21(5,6)11-4)30-19(25)12-22(7,14-28-17(23)9-2)15-29-18(24)10-3/h9-10,16H,2-3,8,11-15H2,1,4-7H3. The summed E-state index contributed by atoms with van der Waals surface area (Å²) in [7, 11) is 0. The van der Waals surface area contributed by atoms with E-state index >= 15 is 0 Å². The van der Waals surface area contributed by atoms with Crippen molar-refractivity contribution in [3.8, 4) is 0 Å². The lowest BCUT2D eigenvalue weighted by Gasteiger charge is -2.28. The summed E-state index contributed by atoms with van der Waals surface area (Å²) in [6.07, 6.45) is 2.24. The van der Waals surface area contributed by atoms with Gasteiger partial charge in [-0.1, -0.05) is 33.9 Å². The van der Waals surface area contributed by atoms with Crippen LogP contribution in [0.2, 0.25) is 0 Å². The van der Waals surface area contributed by atoms with Crippen LogP contribution in [0.4, 0.5) is 0 Å². The van der Waals surface area contributed by atoms with Crippen LogP contribution in [0.25, 0.3) is 0 Å². The molecule has 0 aromatic rings. The number of esters is 4. The molecule has 0 aromatic carbocycles. The zero-order chi connectivity index (χ0) is 23.4. The Balaban J connectivity index is 4.98. The maximum atomic E-state index is 12.5. The highest BCUT2D eigenvalue weighted by atomic mass is 16.6. The molecule has 0 radical (unpaired) electrons. The molecule has 8 nitrogen and oxygen atoms in total. The summed E-state index contributed by atoms with van der Waals surface area (Å²) in [4.78, 5) is 47.4. The van der Waals surface area contributed by atoms with Gasteiger partial charge in [0.15, 0.2) is 0 Å². The summed E-state index contributed by atoms with van der Waals surface area (Å²) in [6, 6.07) is 0. The van der Waals surface area contributed by atoms with Gasteiger partial charge in [0.25, 0.3) is 0 Å². The number of rotatable bonds is 14. The maximum Gasteiger partial charge on any atom is 0.330 e. The molecule has 0 aliphatic carbocycles. The van der Waals surface area contributed by atoms with Crippen molar-refractivity contribution in [3.05, 3.63) is 25.3 Å². The zero-order valence-electron chi connectivity index (χ0n) is 18.7. The molecule has 0 rings (SSSR count). The van der Waals surface area contributed by atoms with Crippen LogP contribution in [0.15, 0.2) is 25.3 Å². The van der Waals surface area contributed by atoms with Crippen LogP contribution >= 0.6 is 0 Å². The quantitative estimate of drug-likeness (QED) is 0.237. The van der Waals surface area contributed by atoms with Crippen LogP contribution in [0.1, 0.15) is 53.9 Å². The highest BCUT2D eigenvalue weighted by Crippen LogP contribution is 2.25. The third-order valence-corrected chi connectivity index (χ3v) is 4.62. The third kappa shape index (κ3) is 10.2. The third-order valence-electron chi connectivity index (χ3n) is 4.62. The number of hydrogen-bond acceptors (Lipinski definition) is 8. The second-order valence-corrected chi connectivity index (χ2v) is 7.97. The van der Waals surface area contributed by atoms with E-state index in [4.69, 9.17) is 18.9 Å². The predicted molar refractivity (Wildman–Crippen MR) is 110 cm³/mol. The van der Waals surface area contributed by atoms with E-state index in [0.717, 1.165) is 12.2 Å². The Morgan fingerprint density at radius 3 is 1.80 bits per heavy atom. The van der Waals surface area contributed by atoms with Crippen molar-refractivity contribution in [1.29, 1.82) is 0 Å². The fourth-order valence-electron chi connectivity index (χ4n) is 2.07. The average molecular weight is 427 g/mol. The molecule has 1 unspecified atom stereocenters. The molecule has 0 aliphatic rings. The highest BCUT2D eigenvalue weighted by Gasteiger charge is 2.33. The van der Waals surface area contributed by atoms with Gasteiger partial charge in [-0.25, -0.2) is 9.59 Å². The van der Waals surface area contributed by atoms with Crippen molar-refractivity contribution in [1.82, 2.24) is 0 Å². The van der Waals surface area contributed by atoms with Gasteiger partial charge in [0.05, 0.1) is 11.8 Å². The van der Waals surface area contributed by atoms with Crippen molar-refractivity contribution in [3.63, 3.8) is 0 Å². The molecule has 1 atom stereocenters. The number of ether oxygens (including phenoxy) is 4. The Bertz CT molecular complexity index is 611. The van der Waals surface area contributed by atoms with E-state index in [0.29, 0.717) is 12.8 Å². The Morgan fingerprint density at radius 1 is 0.900 bits per heavy atom. The largest absolute Gasteiger partial charge is 0.462 e. The van der Waals surface area contributed by atoms with Gasteiger partial charge >= 0.3 is 23.9 Å². The molecule has 0 bridgehead atoms. The monoisotopic (exact) mass is 426 g/mol. The SMILES string of the molecule is C=CC(=O)OCC(C)(COC(=O)C=C)CC(=O)OC(CC)COC(=O)C(C)(C)CC.